The van der Waals surface area contributed by atoms with Crippen LogP contribution in [0.5, 0.6) is 5.75 Å². The fraction of sp³-hybridized carbons (Fsp3) is 0.0769. The Morgan fingerprint density at radius 2 is 1.71 bits per heavy atom. The maximum atomic E-state index is 11.0. The second-order valence-electron chi connectivity index (χ2n) is 4.05. The molecule has 0 fully saturated rings. The first-order chi connectivity index (χ1) is 9.97. The molecule has 0 heterocycles. The zero-order valence-electron chi connectivity index (χ0n) is 10.6. The van der Waals surface area contributed by atoms with Crippen molar-refractivity contribution in [3.63, 3.8) is 0 Å². The van der Waals surface area contributed by atoms with E-state index in [4.69, 9.17) is 16.3 Å². The highest BCUT2D eigenvalue weighted by Crippen LogP contribution is 2.33. The quantitative estimate of drug-likeness (QED) is 0.478. The highest BCUT2D eigenvalue weighted by atomic mass is 35.5. The first-order valence-electron chi connectivity index (χ1n) is 5.76. The van der Waals surface area contributed by atoms with Crippen molar-refractivity contribution in [3.05, 3.63) is 67.7 Å². The number of benzene rings is 2. The van der Waals surface area contributed by atoms with Crippen molar-refractivity contribution in [3.8, 4) is 16.9 Å². The van der Waals surface area contributed by atoms with Gasteiger partial charge in [0.2, 0.25) is 0 Å². The lowest BCUT2D eigenvalue weighted by atomic mass is 10.0. The molecule has 0 atom stereocenters. The molecule has 0 amide bonds. The number of nitrogens with zero attached hydrogens (tertiary/aromatic N) is 2. The lowest BCUT2D eigenvalue weighted by Crippen LogP contribution is -2.07. The van der Waals surface area contributed by atoms with Gasteiger partial charge in [0.1, 0.15) is 5.75 Å². The molecule has 108 valence electrons. The largest absolute Gasteiger partial charge is 0.432 e. The predicted molar refractivity (Wildman–Crippen MR) is 76.0 cm³/mol. The van der Waals surface area contributed by atoms with E-state index in [-0.39, 0.29) is 10.7 Å². The molecule has 0 saturated carbocycles. The van der Waals surface area contributed by atoms with Crippen molar-refractivity contribution in [1.29, 1.82) is 0 Å². The molecule has 0 N–H and O–H groups in total. The summed E-state index contributed by atoms with van der Waals surface area (Å²) < 4.78 is 4.90. The molecular formula is C13H9ClN2O5. The van der Waals surface area contributed by atoms with Gasteiger partial charge in [-0.15, -0.1) is 0 Å². The van der Waals surface area contributed by atoms with Gasteiger partial charge in [-0.1, -0.05) is 23.7 Å². The van der Waals surface area contributed by atoms with Crippen molar-refractivity contribution >= 4 is 17.3 Å². The molecule has 0 spiro atoms. The summed E-state index contributed by atoms with van der Waals surface area (Å²) in [7, 11) is 0. The Labute approximate surface area is 124 Å². The molecule has 0 aliphatic carbocycles. The van der Waals surface area contributed by atoms with Crippen LogP contribution in [0.15, 0.2) is 42.5 Å². The summed E-state index contributed by atoms with van der Waals surface area (Å²) in [5, 5.41) is 21.5. The van der Waals surface area contributed by atoms with Crippen LogP contribution >= 0.6 is 11.6 Å². The van der Waals surface area contributed by atoms with Gasteiger partial charge in [0.15, 0.2) is 0 Å². The van der Waals surface area contributed by atoms with Gasteiger partial charge in [-0.05, 0) is 29.8 Å². The van der Waals surface area contributed by atoms with Gasteiger partial charge in [0.25, 0.3) is 5.69 Å². The first kappa shape index (κ1) is 14.7. The molecule has 0 aliphatic heterocycles. The second-order valence-corrected chi connectivity index (χ2v) is 4.49. The third-order valence-corrected chi connectivity index (χ3v) is 2.89. The zero-order chi connectivity index (χ0) is 15.4. The third-order valence-electron chi connectivity index (χ3n) is 2.66. The third kappa shape index (κ3) is 3.67. The van der Waals surface area contributed by atoms with Gasteiger partial charge in [-0.2, -0.15) is 0 Å². The van der Waals surface area contributed by atoms with E-state index in [2.05, 4.69) is 0 Å². The molecular weight excluding hydrogens is 300 g/mol. The van der Waals surface area contributed by atoms with E-state index in [9.17, 15) is 20.2 Å². The molecule has 21 heavy (non-hydrogen) atoms. The number of hydrogen-bond acceptors (Lipinski definition) is 5. The van der Waals surface area contributed by atoms with Crippen molar-refractivity contribution in [2.24, 2.45) is 0 Å². The van der Waals surface area contributed by atoms with Crippen molar-refractivity contribution < 1.29 is 14.6 Å². The molecule has 0 saturated heterocycles. The maximum absolute atomic E-state index is 11.0. The Kier molecular flexibility index (Phi) is 4.34. The topological polar surface area (TPSA) is 95.5 Å². The molecule has 0 bridgehead atoms. The van der Waals surface area contributed by atoms with Crippen LogP contribution in [0.4, 0.5) is 5.69 Å². The van der Waals surface area contributed by atoms with Crippen molar-refractivity contribution in [2.45, 2.75) is 0 Å². The molecule has 0 aliphatic rings. The Bertz CT molecular complexity index is 687. The number of rotatable bonds is 5. The number of hydrogen-bond donors (Lipinski definition) is 0. The molecule has 0 aromatic heterocycles. The Morgan fingerprint density at radius 3 is 2.29 bits per heavy atom. The van der Waals surface area contributed by atoms with E-state index >= 15 is 0 Å². The highest BCUT2D eigenvalue weighted by Gasteiger charge is 2.15. The van der Waals surface area contributed by atoms with Gasteiger partial charge in [0.05, 0.1) is 15.4 Å². The minimum absolute atomic E-state index is 0.110. The Morgan fingerprint density at radius 1 is 1.05 bits per heavy atom. The van der Waals surface area contributed by atoms with E-state index in [1.54, 1.807) is 24.3 Å². The summed E-state index contributed by atoms with van der Waals surface area (Å²) in [4.78, 5) is 20.1. The van der Waals surface area contributed by atoms with Gasteiger partial charge < -0.3 is 4.74 Å². The lowest BCUT2D eigenvalue weighted by Gasteiger charge is -2.05. The molecule has 7 nitrogen and oxygen atoms in total. The summed E-state index contributed by atoms with van der Waals surface area (Å²) in [6.45, 7) is -0.638. The van der Waals surface area contributed by atoms with Crippen LogP contribution < -0.4 is 4.74 Å². The predicted octanol–water partition coefficient (Wildman–Crippen LogP) is 3.53. The molecule has 2 rings (SSSR count). The van der Waals surface area contributed by atoms with E-state index in [0.717, 1.165) is 0 Å². The van der Waals surface area contributed by atoms with Crippen LogP contribution in [0, 0.1) is 20.2 Å². The fourth-order valence-electron chi connectivity index (χ4n) is 1.76. The van der Waals surface area contributed by atoms with E-state index in [1.165, 1.54) is 18.2 Å². The number of halogens is 1. The molecule has 2 aromatic carbocycles. The molecule has 2 aromatic rings. The summed E-state index contributed by atoms with van der Waals surface area (Å²) in [6.07, 6.45) is 0. The van der Waals surface area contributed by atoms with Crippen LogP contribution in [-0.4, -0.2) is 16.6 Å². The molecule has 0 unspecified atom stereocenters. The van der Waals surface area contributed by atoms with E-state index in [1.807, 2.05) is 0 Å². The Hall–Kier alpha value is -2.67. The lowest BCUT2D eigenvalue weighted by molar-refractivity contribution is -0.514. The number of nitro groups is 2. The second kappa shape index (κ2) is 6.19. The van der Waals surface area contributed by atoms with Crippen molar-refractivity contribution in [2.75, 3.05) is 6.73 Å². The zero-order valence-corrected chi connectivity index (χ0v) is 11.3. The SMILES string of the molecule is O=[N+]([O-])COc1ccc(-c2ccc(Cl)cc2[N+](=O)[O-])cc1. The Balaban J connectivity index is 2.30. The maximum Gasteiger partial charge on any atom is 0.344 e. The van der Waals surface area contributed by atoms with Gasteiger partial charge >= 0.3 is 6.73 Å². The molecule has 8 heteroatoms. The van der Waals surface area contributed by atoms with Crippen LogP contribution in [-0.2, 0) is 0 Å². The van der Waals surface area contributed by atoms with Gasteiger partial charge in [0, 0.05) is 11.1 Å². The fourth-order valence-corrected chi connectivity index (χ4v) is 1.92. The number of nitro benzene ring substituents is 1. The minimum atomic E-state index is -0.638. The standard InChI is InChI=1S/C13H9ClN2O5/c14-10-3-6-12(13(7-10)16(19)20)9-1-4-11(5-2-9)21-8-15(17)18/h1-7H,8H2. The van der Waals surface area contributed by atoms with E-state index in [0.29, 0.717) is 16.9 Å². The van der Waals surface area contributed by atoms with Gasteiger partial charge in [-0.3, -0.25) is 20.2 Å². The summed E-state index contributed by atoms with van der Waals surface area (Å²) in [5.41, 5.74) is 0.888. The van der Waals surface area contributed by atoms with Crippen LogP contribution in [0.25, 0.3) is 11.1 Å². The molecule has 0 radical (unpaired) electrons. The van der Waals surface area contributed by atoms with Crippen LogP contribution in [0.1, 0.15) is 0 Å². The summed E-state index contributed by atoms with van der Waals surface area (Å²) in [6, 6.07) is 10.6. The average molecular weight is 309 g/mol. The first-order valence-corrected chi connectivity index (χ1v) is 6.14. The summed E-state index contributed by atoms with van der Waals surface area (Å²) >= 11 is 5.76. The van der Waals surface area contributed by atoms with Gasteiger partial charge in [-0.25, -0.2) is 0 Å². The summed E-state index contributed by atoms with van der Waals surface area (Å²) in [5.74, 6) is 0.312. The smallest absolute Gasteiger partial charge is 0.344 e. The van der Waals surface area contributed by atoms with Crippen molar-refractivity contribution in [1.82, 2.24) is 0 Å². The highest BCUT2D eigenvalue weighted by molar-refractivity contribution is 6.30. The van der Waals surface area contributed by atoms with Crippen LogP contribution in [0.3, 0.4) is 0 Å². The minimum Gasteiger partial charge on any atom is -0.432 e. The average Bonchev–Trinajstić information content (AvgIpc) is 2.45. The number of ether oxygens (including phenoxy) is 1. The monoisotopic (exact) mass is 308 g/mol. The van der Waals surface area contributed by atoms with Crippen LogP contribution in [0.2, 0.25) is 5.02 Å². The normalized spacial score (nSPS) is 10.1. The van der Waals surface area contributed by atoms with E-state index < -0.39 is 16.6 Å².